The SMILES string of the molecule is Cc1ccccc1.Cc1ccccc1.O=C(Nc1ccc(S(=O)(=O)Oc2ccc(OS(=O)(=O)c3ccc(NC(=O)c4ccccc4)cc3)c3c2C2c4ccccc4C3c3ccccc32)cc1)c1ccccc1. The van der Waals surface area contributed by atoms with Crippen LogP contribution in [0.2, 0.25) is 0 Å². The van der Waals surface area contributed by atoms with Crippen LogP contribution in [0.25, 0.3) is 0 Å². The van der Waals surface area contributed by atoms with E-state index in [2.05, 4.69) is 48.7 Å². The predicted molar refractivity (Wildman–Crippen MR) is 281 cm³/mol. The molecule has 0 saturated heterocycles. The van der Waals surface area contributed by atoms with Crippen molar-refractivity contribution in [3.63, 3.8) is 0 Å². The number of nitrogens with one attached hydrogen (secondary N) is 2. The molecule has 358 valence electrons. The van der Waals surface area contributed by atoms with Gasteiger partial charge >= 0.3 is 20.2 Å². The molecule has 0 saturated carbocycles. The van der Waals surface area contributed by atoms with E-state index >= 15 is 0 Å². The second-order valence-electron chi connectivity index (χ2n) is 17.1. The molecule has 2 N–H and O–H groups in total. The average molecular weight is 989 g/mol. The van der Waals surface area contributed by atoms with Crippen LogP contribution in [-0.2, 0) is 20.2 Å². The summed E-state index contributed by atoms with van der Waals surface area (Å²) in [5.41, 5.74) is 9.04. The minimum Gasteiger partial charge on any atom is -0.379 e. The lowest BCUT2D eigenvalue weighted by atomic mass is 9.61. The molecule has 3 aliphatic rings. The first-order chi connectivity index (χ1) is 34.9. The number of benzene rings is 9. The summed E-state index contributed by atoms with van der Waals surface area (Å²) in [5, 5.41) is 5.53. The molecule has 2 bridgehead atoms. The second-order valence-corrected chi connectivity index (χ2v) is 20.2. The fourth-order valence-electron chi connectivity index (χ4n) is 8.76. The first kappa shape index (κ1) is 48.4. The van der Waals surface area contributed by atoms with Crippen LogP contribution in [0.1, 0.15) is 77.1 Å². The largest absolute Gasteiger partial charge is 0.379 e. The van der Waals surface area contributed by atoms with Gasteiger partial charge in [-0.05, 0) is 121 Å². The van der Waals surface area contributed by atoms with Crippen molar-refractivity contribution in [1.29, 1.82) is 0 Å². The van der Waals surface area contributed by atoms with E-state index in [1.165, 1.54) is 71.8 Å². The number of carbonyl (C=O) groups excluding carboxylic acids is 2. The topological polar surface area (TPSA) is 145 Å². The van der Waals surface area contributed by atoms with Gasteiger partial charge in [-0.2, -0.15) is 16.8 Å². The van der Waals surface area contributed by atoms with Crippen LogP contribution in [0.15, 0.2) is 240 Å². The van der Waals surface area contributed by atoms with Crippen LogP contribution < -0.4 is 19.0 Å². The lowest BCUT2D eigenvalue weighted by Crippen LogP contribution is -2.29. The van der Waals surface area contributed by atoms with Gasteiger partial charge in [0.2, 0.25) is 0 Å². The highest BCUT2D eigenvalue weighted by molar-refractivity contribution is 7.87. The predicted octanol–water partition coefficient (Wildman–Crippen LogP) is 12.7. The Bertz CT molecular complexity index is 3310. The molecule has 0 heterocycles. The Morgan fingerprint density at radius 2 is 0.639 bits per heavy atom. The minimum absolute atomic E-state index is 0.0266. The zero-order chi connectivity index (χ0) is 50.2. The van der Waals surface area contributed by atoms with Gasteiger partial charge in [-0.25, -0.2) is 0 Å². The summed E-state index contributed by atoms with van der Waals surface area (Å²) in [4.78, 5) is 25.1. The first-order valence-electron chi connectivity index (χ1n) is 23.1. The zero-order valence-electron chi connectivity index (χ0n) is 39.2. The number of rotatable bonds is 10. The van der Waals surface area contributed by atoms with E-state index in [1.807, 2.05) is 84.9 Å². The van der Waals surface area contributed by atoms with Crippen molar-refractivity contribution < 1.29 is 34.8 Å². The van der Waals surface area contributed by atoms with Gasteiger partial charge in [0.15, 0.2) is 0 Å². The molecule has 9 aromatic carbocycles. The molecule has 3 aliphatic carbocycles. The Morgan fingerprint density at radius 3 is 0.917 bits per heavy atom. The van der Waals surface area contributed by atoms with Crippen molar-refractivity contribution in [3.8, 4) is 11.5 Å². The second kappa shape index (κ2) is 21.2. The Morgan fingerprint density at radius 1 is 0.361 bits per heavy atom. The number of hydrogen-bond donors (Lipinski definition) is 2. The summed E-state index contributed by atoms with van der Waals surface area (Å²) >= 11 is 0. The van der Waals surface area contributed by atoms with Gasteiger partial charge in [-0.3, -0.25) is 9.59 Å². The van der Waals surface area contributed by atoms with E-state index in [4.69, 9.17) is 8.37 Å². The smallest absolute Gasteiger partial charge is 0.339 e. The van der Waals surface area contributed by atoms with Crippen molar-refractivity contribution in [3.05, 3.63) is 286 Å². The number of anilines is 2. The Balaban J connectivity index is 0.000000394. The molecule has 0 unspecified atom stereocenters. The molecule has 10 nitrogen and oxygen atoms in total. The quantitative estimate of drug-likeness (QED) is 0.129. The molecule has 0 fully saturated rings. The summed E-state index contributed by atoms with van der Waals surface area (Å²) in [5.74, 6) is -1.65. The highest BCUT2D eigenvalue weighted by Crippen LogP contribution is 2.60. The Hall–Kier alpha value is -8.58. The summed E-state index contributed by atoms with van der Waals surface area (Å²) in [6.45, 7) is 4.17. The van der Waals surface area contributed by atoms with Crippen molar-refractivity contribution >= 4 is 43.4 Å². The fourth-order valence-corrected chi connectivity index (χ4v) is 10.7. The first-order valence-corrected chi connectivity index (χ1v) is 25.9. The lowest BCUT2D eigenvalue weighted by molar-refractivity contribution is 0.101. The average Bonchev–Trinajstić information content (AvgIpc) is 3.40. The highest BCUT2D eigenvalue weighted by atomic mass is 32.2. The molecule has 12 heteroatoms. The zero-order valence-corrected chi connectivity index (χ0v) is 40.8. The molecule has 0 spiro atoms. The van der Waals surface area contributed by atoms with E-state index in [1.54, 1.807) is 60.7 Å². The van der Waals surface area contributed by atoms with Gasteiger partial charge in [0.05, 0.1) is 0 Å². The van der Waals surface area contributed by atoms with Crippen molar-refractivity contribution in [1.82, 2.24) is 0 Å². The van der Waals surface area contributed by atoms with E-state index in [0.29, 0.717) is 33.6 Å². The third kappa shape index (κ3) is 10.8. The maximum Gasteiger partial charge on any atom is 0.339 e. The van der Waals surface area contributed by atoms with Gasteiger partial charge in [-0.15, -0.1) is 0 Å². The molecule has 2 amide bonds. The van der Waals surface area contributed by atoms with Gasteiger partial charge in [0, 0.05) is 45.5 Å². The standard InChI is InChI=1S/C46H32N2O8S2.2C7H8/c49-45(29-11-3-1-4-12-29)47-31-19-23-33(24-20-31)57(51,52)55-39-27-28-40(44-42-37-17-9-7-15-35(37)41(43(39)44)36-16-8-10-18-38(36)42)56-58(53,54)34-25-21-32(22-26-34)48-46(50)30-13-5-2-6-14-30;2*1-7-5-3-2-4-6-7/h1-28,41-42H,(H,47,49)(H,48,50);2*2-6H,1H3. The molecular formula is C60H48N2O8S2. The van der Waals surface area contributed by atoms with Crippen LogP contribution in [0.3, 0.4) is 0 Å². The summed E-state index contributed by atoms with van der Waals surface area (Å²) in [6.07, 6.45) is 0. The van der Waals surface area contributed by atoms with Crippen LogP contribution >= 0.6 is 0 Å². The van der Waals surface area contributed by atoms with E-state index < -0.39 is 32.1 Å². The van der Waals surface area contributed by atoms with Crippen molar-refractivity contribution in [2.24, 2.45) is 0 Å². The Kier molecular flexibility index (Phi) is 14.3. The summed E-state index contributed by atoms with van der Waals surface area (Å²) in [6, 6.07) is 67.5. The monoisotopic (exact) mass is 988 g/mol. The summed E-state index contributed by atoms with van der Waals surface area (Å²) < 4.78 is 67.7. The van der Waals surface area contributed by atoms with Crippen molar-refractivity contribution in [2.45, 2.75) is 35.5 Å². The number of aryl methyl sites for hydroxylation is 2. The maximum atomic E-state index is 14.0. The third-order valence-corrected chi connectivity index (χ3v) is 14.7. The Labute approximate surface area is 419 Å². The van der Waals surface area contributed by atoms with Crippen LogP contribution in [0, 0.1) is 13.8 Å². The van der Waals surface area contributed by atoms with E-state index in [-0.39, 0.29) is 33.1 Å². The molecule has 0 radical (unpaired) electrons. The molecular weight excluding hydrogens is 941 g/mol. The number of hydrogen-bond acceptors (Lipinski definition) is 8. The molecule has 72 heavy (non-hydrogen) atoms. The van der Waals surface area contributed by atoms with Crippen LogP contribution in [-0.4, -0.2) is 28.6 Å². The maximum absolute atomic E-state index is 14.0. The molecule has 0 aromatic heterocycles. The molecule has 0 atom stereocenters. The van der Waals surface area contributed by atoms with Gasteiger partial charge in [0.25, 0.3) is 11.8 Å². The normalized spacial score (nSPS) is 13.8. The van der Waals surface area contributed by atoms with Gasteiger partial charge < -0.3 is 19.0 Å². The summed E-state index contributed by atoms with van der Waals surface area (Å²) in [7, 11) is -8.88. The number of amides is 2. The van der Waals surface area contributed by atoms with Crippen molar-refractivity contribution in [2.75, 3.05) is 10.6 Å². The lowest BCUT2D eigenvalue weighted by Gasteiger charge is -2.43. The van der Waals surface area contributed by atoms with E-state index in [9.17, 15) is 26.4 Å². The molecule has 0 aliphatic heterocycles. The van der Waals surface area contributed by atoms with Gasteiger partial charge in [-0.1, -0.05) is 157 Å². The van der Waals surface area contributed by atoms with Crippen LogP contribution in [0.4, 0.5) is 11.4 Å². The van der Waals surface area contributed by atoms with E-state index in [0.717, 1.165) is 22.3 Å². The third-order valence-electron chi connectivity index (χ3n) is 12.2. The highest BCUT2D eigenvalue weighted by Gasteiger charge is 2.45. The molecule has 9 aromatic rings. The van der Waals surface area contributed by atoms with Crippen LogP contribution in [0.5, 0.6) is 11.5 Å². The fraction of sp³-hybridized carbons (Fsp3) is 0.0667. The number of carbonyl (C=O) groups is 2. The van der Waals surface area contributed by atoms with Gasteiger partial charge in [0.1, 0.15) is 21.3 Å². The molecule has 12 rings (SSSR count). The minimum atomic E-state index is -4.44.